The third kappa shape index (κ3) is 3.59. The van der Waals surface area contributed by atoms with Gasteiger partial charge in [-0.2, -0.15) is 5.10 Å². The van der Waals surface area contributed by atoms with E-state index in [2.05, 4.69) is 15.0 Å². The summed E-state index contributed by atoms with van der Waals surface area (Å²) in [6, 6.07) is 10.6. The SMILES string of the molecule is Cn1cc(-c2cnc3ccc(N(CC4CC4)c4cc(O)cc(O)c4)cc3n2)cn1. The number of aryl methyl sites for hydroxylation is 1. The molecule has 7 nitrogen and oxygen atoms in total. The summed E-state index contributed by atoms with van der Waals surface area (Å²) < 4.78 is 1.74. The van der Waals surface area contributed by atoms with E-state index in [0.717, 1.165) is 40.2 Å². The van der Waals surface area contributed by atoms with Crippen molar-refractivity contribution in [2.24, 2.45) is 13.0 Å². The summed E-state index contributed by atoms with van der Waals surface area (Å²) in [6.07, 6.45) is 7.83. The first-order valence-electron chi connectivity index (χ1n) is 9.61. The number of fused-ring (bicyclic) bond motifs is 1. The topological polar surface area (TPSA) is 87.3 Å². The minimum atomic E-state index is 0.0419. The number of hydrogen-bond acceptors (Lipinski definition) is 6. The van der Waals surface area contributed by atoms with Crippen molar-refractivity contribution >= 4 is 22.4 Å². The molecule has 146 valence electrons. The van der Waals surface area contributed by atoms with E-state index in [1.54, 1.807) is 29.2 Å². The van der Waals surface area contributed by atoms with Gasteiger partial charge in [-0.25, -0.2) is 4.98 Å². The molecule has 2 aromatic heterocycles. The molecule has 0 saturated heterocycles. The maximum absolute atomic E-state index is 9.96. The highest BCUT2D eigenvalue weighted by Gasteiger charge is 2.26. The molecular weight excluding hydrogens is 366 g/mol. The van der Waals surface area contributed by atoms with Crippen LogP contribution in [0.1, 0.15) is 12.8 Å². The fourth-order valence-corrected chi connectivity index (χ4v) is 3.51. The van der Waals surface area contributed by atoms with Crippen molar-refractivity contribution in [2.75, 3.05) is 11.4 Å². The highest BCUT2D eigenvalue weighted by atomic mass is 16.3. The largest absolute Gasteiger partial charge is 0.508 e. The number of aromatic hydroxyl groups is 2. The number of aromatic nitrogens is 4. The van der Waals surface area contributed by atoms with E-state index in [1.807, 2.05) is 31.4 Å². The van der Waals surface area contributed by atoms with E-state index in [0.29, 0.717) is 5.92 Å². The standard InChI is InChI=1S/C22H21N5O2/c1-26-13-15(10-24-26)22-11-23-20-5-4-16(8-21(20)25-22)27(12-14-2-3-14)17-6-18(28)9-19(29)7-17/h4-11,13-14,28-29H,2-3,12H2,1H3. The first-order chi connectivity index (χ1) is 14.0. The fraction of sp³-hybridized carbons (Fsp3) is 0.227. The van der Waals surface area contributed by atoms with Crippen LogP contribution in [0, 0.1) is 5.92 Å². The first-order valence-corrected chi connectivity index (χ1v) is 9.61. The van der Waals surface area contributed by atoms with Crippen LogP contribution in [0.2, 0.25) is 0 Å². The Morgan fingerprint density at radius 3 is 2.48 bits per heavy atom. The van der Waals surface area contributed by atoms with Crippen LogP contribution in [-0.4, -0.2) is 36.5 Å². The van der Waals surface area contributed by atoms with Crippen molar-refractivity contribution in [3.63, 3.8) is 0 Å². The second-order valence-corrected chi connectivity index (χ2v) is 7.59. The Labute approximate surface area is 167 Å². The lowest BCUT2D eigenvalue weighted by molar-refractivity contribution is 0.450. The fourth-order valence-electron chi connectivity index (χ4n) is 3.51. The molecule has 29 heavy (non-hydrogen) atoms. The van der Waals surface area contributed by atoms with Crippen LogP contribution in [0.3, 0.4) is 0 Å². The number of hydrogen-bond donors (Lipinski definition) is 2. The molecule has 0 unspecified atom stereocenters. The number of phenols is 2. The third-order valence-electron chi connectivity index (χ3n) is 5.17. The van der Waals surface area contributed by atoms with Crippen molar-refractivity contribution in [3.8, 4) is 22.8 Å². The summed E-state index contributed by atoms with van der Waals surface area (Å²) in [7, 11) is 1.87. The quantitative estimate of drug-likeness (QED) is 0.538. The first kappa shape index (κ1) is 17.5. The average Bonchev–Trinajstić information content (AvgIpc) is 3.42. The van der Waals surface area contributed by atoms with Crippen LogP contribution >= 0.6 is 0 Å². The van der Waals surface area contributed by atoms with Gasteiger partial charge in [-0.1, -0.05) is 0 Å². The number of anilines is 2. The van der Waals surface area contributed by atoms with E-state index >= 15 is 0 Å². The Balaban J connectivity index is 1.58. The van der Waals surface area contributed by atoms with Gasteiger partial charge >= 0.3 is 0 Å². The molecule has 0 aliphatic heterocycles. The predicted octanol–water partition coefficient (Wildman–Crippen LogP) is 3.99. The lowest BCUT2D eigenvalue weighted by Gasteiger charge is -2.25. The molecule has 1 aliphatic carbocycles. The van der Waals surface area contributed by atoms with Gasteiger partial charge in [0.25, 0.3) is 0 Å². The van der Waals surface area contributed by atoms with Crippen molar-refractivity contribution in [1.29, 1.82) is 0 Å². The Bertz CT molecular complexity index is 1180. The Morgan fingerprint density at radius 2 is 1.79 bits per heavy atom. The van der Waals surface area contributed by atoms with Crippen LogP contribution in [0.15, 0.2) is 55.0 Å². The van der Waals surface area contributed by atoms with E-state index in [1.165, 1.54) is 18.9 Å². The van der Waals surface area contributed by atoms with Crippen molar-refractivity contribution < 1.29 is 10.2 Å². The van der Waals surface area contributed by atoms with Gasteiger partial charge in [0.15, 0.2) is 0 Å². The molecule has 7 heteroatoms. The highest BCUT2D eigenvalue weighted by molar-refractivity contribution is 5.82. The Hall–Kier alpha value is -3.61. The lowest BCUT2D eigenvalue weighted by Crippen LogP contribution is -2.19. The van der Waals surface area contributed by atoms with Crippen LogP contribution in [0.5, 0.6) is 11.5 Å². The molecule has 2 N–H and O–H groups in total. The minimum Gasteiger partial charge on any atom is -0.508 e. The van der Waals surface area contributed by atoms with Crippen LogP contribution in [-0.2, 0) is 7.05 Å². The van der Waals surface area contributed by atoms with Crippen LogP contribution < -0.4 is 4.90 Å². The lowest BCUT2D eigenvalue weighted by atomic mass is 10.1. The minimum absolute atomic E-state index is 0.0419. The second kappa shape index (κ2) is 6.77. The zero-order valence-electron chi connectivity index (χ0n) is 16.0. The summed E-state index contributed by atoms with van der Waals surface area (Å²) in [4.78, 5) is 11.4. The van der Waals surface area contributed by atoms with Gasteiger partial charge in [-0.05, 0) is 37.0 Å². The van der Waals surface area contributed by atoms with Gasteiger partial charge < -0.3 is 15.1 Å². The van der Waals surface area contributed by atoms with Gasteiger partial charge in [0.1, 0.15) is 11.5 Å². The van der Waals surface area contributed by atoms with Crippen LogP contribution in [0.4, 0.5) is 11.4 Å². The molecule has 5 rings (SSSR count). The summed E-state index contributed by atoms with van der Waals surface area (Å²) in [6.45, 7) is 0.824. The third-order valence-corrected chi connectivity index (χ3v) is 5.17. The molecule has 0 amide bonds. The summed E-state index contributed by atoms with van der Waals surface area (Å²) in [5.74, 6) is 0.698. The maximum atomic E-state index is 9.96. The van der Waals surface area contributed by atoms with Crippen molar-refractivity contribution in [2.45, 2.75) is 12.8 Å². The molecule has 2 aromatic carbocycles. The summed E-state index contributed by atoms with van der Waals surface area (Å²) in [5, 5.41) is 24.1. The number of rotatable bonds is 5. The second-order valence-electron chi connectivity index (χ2n) is 7.59. The van der Waals surface area contributed by atoms with E-state index in [4.69, 9.17) is 4.98 Å². The van der Waals surface area contributed by atoms with Crippen LogP contribution in [0.25, 0.3) is 22.3 Å². The summed E-state index contributed by atoms with van der Waals surface area (Å²) >= 11 is 0. The highest BCUT2D eigenvalue weighted by Crippen LogP contribution is 2.38. The molecule has 2 heterocycles. The molecule has 0 bridgehead atoms. The van der Waals surface area contributed by atoms with Gasteiger partial charge in [0.2, 0.25) is 0 Å². The molecule has 1 fully saturated rings. The summed E-state index contributed by atoms with van der Waals surface area (Å²) in [5.41, 5.74) is 4.99. The Kier molecular flexibility index (Phi) is 4.08. The molecule has 1 saturated carbocycles. The predicted molar refractivity (Wildman–Crippen MR) is 111 cm³/mol. The molecule has 0 radical (unpaired) electrons. The van der Waals surface area contributed by atoms with Gasteiger partial charge in [0, 0.05) is 54.9 Å². The number of benzene rings is 2. The monoisotopic (exact) mass is 387 g/mol. The molecular formula is C22H21N5O2. The van der Waals surface area contributed by atoms with Gasteiger partial charge in [0.05, 0.1) is 29.1 Å². The average molecular weight is 387 g/mol. The maximum Gasteiger partial charge on any atom is 0.121 e. The number of phenolic OH excluding ortho intramolecular Hbond substituents is 2. The Morgan fingerprint density at radius 1 is 1.00 bits per heavy atom. The van der Waals surface area contributed by atoms with E-state index < -0.39 is 0 Å². The van der Waals surface area contributed by atoms with E-state index in [-0.39, 0.29) is 11.5 Å². The number of nitrogens with zero attached hydrogens (tertiary/aromatic N) is 5. The van der Waals surface area contributed by atoms with Crippen molar-refractivity contribution in [3.05, 3.63) is 55.0 Å². The molecule has 0 spiro atoms. The normalized spacial score (nSPS) is 13.7. The molecule has 4 aromatic rings. The van der Waals surface area contributed by atoms with Gasteiger partial charge in [-0.15, -0.1) is 0 Å². The van der Waals surface area contributed by atoms with E-state index in [9.17, 15) is 10.2 Å². The molecule has 0 atom stereocenters. The van der Waals surface area contributed by atoms with Gasteiger partial charge in [-0.3, -0.25) is 9.67 Å². The van der Waals surface area contributed by atoms with Crippen molar-refractivity contribution in [1.82, 2.24) is 19.7 Å². The zero-order chi connectivity index (χ0) is 20.0. The smallest absolute Gasteiger partial charge is 0.121 e. The zero-order valence-corrected chi connectivity index (χ0v) is 16.0. The molecule has 1 aliphatic rings.